The van der Waals surface area contributed by atoms with Crippen molar-refractivity contribution in [3.05, 3.63) is 74.9 Å². The van der Waals surface area contributed by atoms with Gasteiger partial charge in [0.05, 0.1) is 17.7 Å². The van der Waals surface area contributed by atoms with Gasteiger partial charge in [0.15, 0.2) is 0 Å². The Labute approximate surface area is 155 Å². The van der Waals surface area contributed by atoms with Gasteiger partial charge in [0, 0.05) is 30.9 Å². The molecule has 9 heteroatoms. The third-order valence-corrected chi connectivity index (χ3v) is 4.26. The summed E-state index contributed by atoms with van der Waals surface area (Å²) in [5, 5.41) is 22.3. The van der Waals surface area contributed by atoms with E-state index >= 15 is 0 Å². The second-order valence-electron chi connectivity index (χ2n) is 6.34. The van der Waals surface area contributed by atoms with Gasteiger partial charge in [-0.25, -0.2) is 0 Å². The van der Waals surface area contributed by atoms with E-state index in [0.29, 0.717) is 30.0 Å². The van der Waals surface area contributed by atoms with Gasteiger partial charge < -0.3 is 5.32 Å². The maximum Gasteiger partial charge on any atom is 0.312 e. The van der Waals surface area contributed by atoms with Crippen molar-refractivity contribution in [2.45, 2.75) is 26.9 Å². The van der Waals surface area contributed by atoms with Crippen molar-refractivity contribution in [1.82, 2.24) is 24.9 Å². The molecule has 1 N–H and O–H groups in total. The molecule has 0 spiro atoms. The van der Waals surface area contributed by atoms with Crippen molar-refractivity contribution in [1.29, 1.82) is 0 Å². The number of hydrogen-bond acceptors (Lipinski definition) is 5. The predicted octanol–water partition coefficient (Wildman–Crippen LogP) is 2.12. The molecular formula is C18H20N6O3. The highest BCUT2D eigenvalue weighted by molar-refractivity contribution is 5.94. The van der Waals surface area contributed by atoms with Crippen LogP contribution in [0.4, 0.5) is 5.69 Å². The Balaban J connectivity index is 1.73. The number of nitrogens with one attached hydrogen (secondary N) is 1. The van der Waals surface area contributed by atoms with Gasteiger partial charge in [0.25, 0.3) is 5.91 Å². The van der Waals surface area contributed by atoms with Gasteiger partial charge >= 0.3 is 5.69 Å². The van der Waals surface area contributed by atoms with Crippen LogP contribution in [0.2, 0.25) is 0 Å². The van der Waals surface area contributed by atoms with E-state index in [9.17, 15) is 14.9 Å². The molecule has 27 heavy (non-hydrogen) atoms. The highest BCUT2D eigenvalue weighted by Gasteiger charge is 2.21. The fraction of sp³-hybridized carbons (Fsp3) is 0.278. The maximum atomic E-state index is 12.4. The lowest BCUT2D eigenvalue weighted by atomic mass is 10.1. The summed E-state index contributed by atoms with van der Waals surface area (Å²) in [6, 6.07) is 7.14. The van der Waals surface area contributed by atoms with Gasteiger partial charge in [-0.15, -0.1) is 0 Å². The monoisotopic (exact) mass is 368 g/mol. The number of hydrogen-bond donors (Lipinski definition) is 1. The van der Waals surface area contributed by atoms with Crippen molar-refractivity contribution in [3.8, 4) is 0 Å². The topological polar surface area (TPSA) is 108 Å². The SMILES string of the molecule is Cc1nn(Cc2cccc(C(=O)NCc3cnn(C)c3)c2)c(C)c1[N+](=O)[O-]. The number of benzene rings is 1. The quantitative estimate of drug-likeness (QED) is 0.530. The highest BCUT2D eigenvalue weighted by Crippen LogP contribution is 2.22. The molecule has 140 valence electrons. The summed E-state index contributed by atoms with van der Waals surface area (Å²) in [5.74, 6) is -0.194. The summed E-state index contributed by atoms with van der Waals surface area (Å²) in [7, 11) is 1.82. The first kappa shape index (κ1) is 18.3. The number of aromatic nitrogens is 4. The Hall–Kier alpha value is -3.49. The zero-order valence-corrected chi connectivity index (χ0v) is 15.3. The first-order valence-corrected chi connectivity index (χ1v) is 8.38. The molecule has 0 atom stereocenters. The van der Waals surface area contributed by atoms with Crippen molar-refractivity contribution in [3.63, 3.8) is 0 Å². The van der Waals surface area contributed by atoms with Crippen LogP contribution in [-0.2, 0) is 20.1 Å². The van der Waals surface area contributed by atoms with Crippen LogP contribution in [0.15, 0.2) is 36.7 Å². The van der Waals surface area contributed by atoms with E-state index in [1.165, 1.54) is 0 Å². The largest absolute Gasteiger partial charge is 0.348 e. The first-order valence-electron chi connectivity index (χ1n) is 8.38. The van der Waals surface area contributed by atoms with E-state index < -0.39 is 4.92 Å². The van der Waals surface area contributed by atoms with Crippen molar-refractivity contribution >= 4 is 11.6 Å². The summed E-state index contributed by atoms with van der Waals surface area (Å²) in [4.78, 5) is 23.1. The molecule has 0 saturated heterocycles. The van der Waals surface area contributed by atoms with E-state index in [1.54, 1.807) is 47.6 Å². The third kappa shape index (κ3) is 4.02. The molecule has 1 aromatic carbocycles. The molecular weight excluding hydrogens is 348 g/mol. The van der Waals surface area contributed by atoms with Crippen LogP contribution in [0, 0.1) is 24.0 Å². The molecule has 2 aromatic heterocycles. The van der Waals surface area contributed by atoms with Crippen LogP contribution < -0.4 is 5.32 Å². The van der Waals surface area contributed by atoms with Gasteiger partial charge in [-0.2, -0.15) is 10.2 Å². The fourth-order valence-electron chi connectivity index (χ4n) is 2.94. The Morgan fingerprint density at radius 2 is 2.07 bits per heavy atom. The number of aryl methyl sites for hydroxylation is 2. The number of nitro groups is 1. The number of amides is 1. The van der Waals surface area contributed by atoms with E-state index in [2.05, 4.69) is 15.5 Å². The number of carbonyl (C=O) groups is 1. The first-order chi connectivity index (χ1) is 12.8. The third-order valence-electron chi connectivity index (χ3n) is 4.26. The highest BCUT2D eigenvalue weighted by atomic mass is 16.6. The Morgan fingerprint density at radius 1 is 1.30 bits per heavy atom. The summed E-state index contributed by atoms with van der Waals surface area (Å²) in [6.45, 7) is 4.03. The standard InChI is InChI=1S/C18H20N6O3/c1-12-17(24(26)27)13(2)23(21-12)11-14-5-4-6-16(7-14)18(25)19-8-15-9-20-22(3)10-15/h4-7,9-10H,8,11H2,1-3H3,(H,19,25). The molecule has 2 heterocycles. The average Bonchev–Trinajstić information content (AvgIpc) is 3.15. The van der Waals surface area contributed by atoms with Crippen molar-refractivity contribution in [2.75, 3.05) is 0 Å². The number of nitrogens with zero attached hydrogens (tertiary/aromatic N) is 5. The lowest BCUT2D eigenvalue weighted by molar-refractivity contribution is -0.386. The van der Waals surface area contributed by atoms with Gasteiger partial charge in [-0.3, -0.25) is 24.3 Å². The molecule has 0 aliphatic carbocycles. The molecule has 9 nitrogen and oxygen atoms in total. The Kier molecular flexibility index (Phi) is 5.02. The zero-order chi connectivity index (χ0) is 19.6. The van der Waals surface area contributed by atoms with Crippen molar-refractivity contribution in [2.24, 2.45) is 7.05 Å². The second kappa shape index (κ2) is 7.40. The molecule has 0 radical (unpaired) electrons. The van der Waals surface area contributed by atoms with E-state index in [-0.39, 0.29) is 11.6 Å². The fourth-order valence-corrected chi connectivity index (χ4v) is 2.94. The summed E-state index contributed by atoms with van der Waals surface area (Å²) in [6.07, 6.45) is 3.54. The van der Waals surface area contributed by atoms with Crippen LogP contribution >= 0.6 is 0 Å². The summed E-state index contributed by atoms with van der Waals surface area (Å²) >= 11 is 0. The van der Waals surface area contributed by atoms with Gasteiger partial charge in [0.2, 0.25) is 0 Å². The van der Waals surface area contributed by atoms with E-state index in [1.807, 2.05) is 19.3 Å². The van der Waals surface area contributed by atoms with E-state index in [0.717, 1.165) is 11.1 Å². The van der Waals surface area contributed by atoms with Crippen LogP contribution in [-0.4, -0.2) is 30.4 Å². The summed E-state index contributed by atoms with van der Waals surface area (Å²) in [5.41, 5.74) is 3.17. The molecule has 3 aromatic rings. The minimum atomic E-state index is -0.420. The smallest absolute Gasteiger partial charge is 0.312 e. The normalized spacial score (nSPS) is 10.8. The average molecular weight is 368 g/mol. The van der Waals surface area contributed by atoms with Crippen LogP contribution in [0.3, 0.4) is 0 Å². The minimum absolute atomic E-state index is 0.0281. The molecule has 0 bridgehead atoms. The lowest BCUT2D eigenvalue weighted by Crippen LogP contribution is -2.22. The lowest BCUT2D eigenvalue weighted by Gasteiger charge is -2.07. The van der Waals surface area contributed by atoms with Crippen LogP contribution in [0.25, 0.3) is 0 Å². The maximum absolute atomic E-state index is 12.4. The van der Waals surface area contributed by atoms with E-state index in [4.69, 9.17) is 0 Å². The van der Waals surface area contributed by atoms with Gasteiger partial charge in [-0.05, 0) is 31.5 Å². The molecule has 0 unspecified atom stereocenters. The molecule has 0 fully saturated rings. The number of carbonyl (C=O) groups excluding carboxylic acids is 1. The van der Waals surface area contributed by atoms with Crippen molar-refractivity contribution < 1.29 is 9.72 Å². The number of rotatable bonds is 6. The summed E-state index contributed by atoms with van der Waals surface area (Å²) < 4.78 is 3.26. The Bertz CT molecular complexity index is 1000. The molecule has 0 aliphatic rings. The zero-order valence-electron chi connectivity index (χ0n) is 15.3. The molecule has 1 amide bonds. The van der Waals surface area contributed by atoms with Gasteiger partial charge in [-0.1, -0.05) is 12.1 Å². The second-order valence-corrected chi connectivity index (χ2v) is 6.34. The molecule has 0 aliphatic heterocycles. The molecule has 3 rings (SSSR count). The van der Waals surface area contributed by atoms with Crippen LogP contribution in [0.1, 0.15) is 32.9 Å². The van der Waals surface area contributed by atoms with Gasteiger partial charge in [0.1, 0.15) is 11.4 Å². The Morgan fingerprint density at radius 3 is 2.70 bits per heavy atom. The molecule has 0 saturated carbocycles. The minimum Gasteiger partial charge on any atom is -0.348 e. The van der Waals surface area contributed by atoms with Crippen LogP contribution in [0.5, 0.6) is 0 Å². The predicted molar refractivity (Wildman–Crippen MR) is 98.3 cm³/mol.